The Labute approximate surface area is 234 Å². The van der Waals surface area contributed by atoms with E-state index < -0.39 is 22.5 Å². The summed E-state index contributed by atoms with van der Waals surface area (Å²) in [6, 6.07) is 21.2. The number of nitrogens with zero attached hydrogens (tertiary/aromatic N) is 3. The highest BCUT2D eigenvalue weighted by Gasteiger charge is 2.28. The number of aromatic nitrogens is 1. The number of sulfonamides is 1. The Kier molecular flexibility index (Phi) is 8.28. The quantitative estimate of drug-likeness (QED) is 0.210. The van der Waals surface area contributed by atoms with E-state index in [0.29, 0.717) is 0 Å². The molecule has 39 heavy (non-hydrogen) atoms. The van der Waals surface area contributed by atoms with E-state index in [9.17, 15) is 13.2 Å². The van der Waals surface area contributed by atoms with Gasteiger partial charge in [0.25, 0.3) is 15.9 Å². The van der Waals surface area contributed by atoms with Gasteiger partial charge in [0, 0.05) is 22.6 Å². The molecule has 0 spiro atoms. The number of benzene rings is 3. The fourth-order valence-corrected chi connectivity index (χ4v) is 6.04. The Morgan fingerprint density at radius 1 is 0.949 bits per heavy atom. The molecule has 0 aliphatic rings. The molecule has 0 bridgehead atoms. The first-order valence-electron chi connectivity index (χ1n) is 12.4. The summed E-state index contributed by atoms with van der Waals surface area (Å²) in [4.78, 5) is 13.0. The number of carbonyl (C=O) groups excluding carboxylic acids is 1. The normalized spacial score (nSPS) is 11.6. The predicted molar refractivity (Wildman–Crippen MR) is 158 cm³/mol. The highest BCUT2D eigenvalue weighted by molar-refractivity contribution is 7.92. The number of amides is 1. The van der Waals surface area contributed by atoms with Crippen LogP contribution in [0.4, 0.5) is 5.69 Å². The van der Waals surface area contributed by atoms with Crippen LogP contribution in [0.15, 0.2) is 82.8 Å². The maximum atomic E-state index is 13.5. The molecular formula is C30H31ClN4O3S. The molecule has 1 amide bonds. The van der Waals surface area contributed by atoms with E-state index in [0.717, 1.165) is 32.5 Å². The molecule has 7 nitrogen and oxygen atoms in total. The molecule has 0 radical (unpaired) electrons. The summed E-state index contributed by atoms with van der Waals surface area (Å²) >= 11 is 6.34. The van der Waals surface area contributed by atoms with Crippen molar-refractivity contribution >= 4 is 39.4 Å². The van der Waals surface area contributed by atoms with Crippen LogP contribution in [0.5, 0.6) is 0 Å². The average Bonchev–Trinajstić information content (AvgIpc) is 3.17. The third kappa shape index (κ3) is 6.08. The number of rotatable bonds is 8. The Morgan fingerprint density at radius 3 is 2.31 bits per heavy atom. The first kappa shape index (κ1) is 28.1. The number of hydrazone groups is 1. The Hall–Kier alpha value is -3.88. The number of halogens is 1. The van der Waals surface area contributed by atoms with Crippen molar-refractivity contribution < 1.29 is 13.2 Å². The molecule has 0 aliphatic heterocycles. The van der Waals surface area contributed by atoms with Crippen LogP contribution in [0.2, 0.25) is 5.02 Å². The summed E-state index contributed by atoms with van der Waals surface area (Å²) in [6.45, 7) is 9.52. The van der Waals surface area contributed by atoms with E-state index in [-0.39, 0.29) is 15.6 Å². The second-order valence-electron chi connectivity index (χ2n) is 9.50. The molecule has 4 aromatic rings. The topological polar surface area (TPSA) is 83.8 Å². The molecule has 4 rings (SSSR count). The smallest absolute Gasteiger partial charge is 0.264 e. The summed E-state index contributed by atoms with van der Waals surface area (Å²) in [5, 5.41) is 4.34. The van der Waals surface area contributed by atoms with Crippen molar-refractivity contribution in [3.05, 3.63) is 111 Å². The molecule has 1 heterocycles. The van der Waals surface area contributed by atoms with Gasteiger partial charge in [0.2, 0.25) is 0 Å². The largest absolute Gasteiger partial charge is 0.318 e. The third-order valence-corrected chi connectivity index (χ3v) is 8.72. The molecule has 0 atom stereocenters. The molecule has 1 N–H and O–H groups in total. The Balaban J connectivity index is 1.56. The number of para-hydroxylation sites is 1. The van der Waals surface area contributed by atoms with Crippen LogP contribution in [0.1, 0.15) is 33.6 Å². The van der Waals surface area contributed by atoms with Crippen molar-refractivity contribution in [1.29, 1.82) is 0 Å². The number of anilines is 1. The van der Waals surface area contributed by atoms with Gasteiger partial charge in [0.05, 0.1) is 21.8 Å². The molecule has 9 heteroatoms. The molecule has 0 unspecified atom stereocenters. The van der Waals surface area contributed by atoms with Gasteiger partial charge in [-0.15, -0.1) is 0 Å². The zero-order valence-corrected chi connectivity index (χ0v) is 24.1. The lowest BCUT2D eigenvalue weighted by atomic mass is 10.1. The van der Waals surface area contributed by atoms with E-state index in [2.05, 4.69) is 47.1 Å². The minimum absolute atomic E-state index is 0.0584. The van der Waals surface area contributed by atoms with Gasteiger partial charge in [-0.1, -0.05) is 47.5 Å². The molecule has 3 aromatic carbocycles. The third-order valence-electron chi connectivity index (χ3n) is 6.63. The predicted octanol–water partition coefficient (Wildman–Crippen LogP) is 6.02. The molecule has 1 aromatic heterocycles. The second kappa shape index (κ2) is 11.5. The van der Waals surface area contributed by atoms with Gasteiger partial charge in [0.1, 0.15) is 6.54 Å². The fraction of sp³-hybridized carbons (Fsp3) is 0.200. The van der Waals surface area contributed by atoms with Gasteiger partial charge in [-0.3, -0.25) is 9.10 Å². The van der Waals surface area contributed by atoms with Gasteiger partial charge >= 0.3 is 0 Å². The van der Waals surface area contributed by atoms with Crippen LogP contribution in [0.25, 0.3) is 5.69 Å². The van der Waals surface area contributed by atoms with Crippen molar-refractivity contribution in [2.24, 2.45) is 5.10 Å². The van der Waals surface area contributed by atoms with Gasteiger partial charge < -0.3 is 4.57 Å². The molecule has 0 aliphatic carbocycles. The number of hydrogen-bond acceptors (Lipinski definition) is 4. The van der Waals surface area contributed by atoms with E-state index >= 15 is 0 Å². The van der Waals surface area contributed by atoms with Crippen LogP contribution < -0.4 is 9.73 Å². The Bertz CT molecular complexity index is 1660. The van der Waals surface area contributed by atoms with Crippen LogP contribution in [0, 0.1) is 34.6 Å². The summed E-state index contributed by atoms with van der Waals surface area (Å²) in [6.07, 6.45) is 1.56. The summed E-state index contributed by atoms with van der Waals surface area (Å²) < 4.78 is 30.2. The van der Waals surface area contributed by atoms with Crippen molar-refractivity contribution in [2.75, 3.05) is 10.8 Å². The summed E-state index contributed by atoms with van der Waals surface area (Å²) in [5.41, 5.74) is 9.89. The van der Waals surface area contributed by atoms with E-state index in [1.807, 2.05) is 26.8 Å². The number of nitrogens with one attached hydrogen (secondary N) is 1. The zero-order chi connectivity index (χ0) is 28.3. The number of aryl methyl sites for hydroxylation is 4. The van der Waals surface area contributed by atoms with E-state index in [1.54, 1.807) is 42.6 Å². The zero-order valence-electron chi connectivity index (χ0n) is 22.6. The van der Waals surface area contributed by atoms with Crippen molar-refractivity contribution in [1.82, 2.24) is 9.99 Å². The minimum Gasteiger partial charge on any atom is -0.318 e. The van der Waals surface area contributed by atoms with Crippen LogP contribution >= 0.6 is 11.6 Å². The molecule has 0 fully saturated rings. The average molecular weight is 563 g/mol. The van der Waals surface area contributed by atoms with E-state index in [4.69, 9.17) is 11.6 Å². The fourth-order valence-electron chi connectivity index (χ4n) is 4.31. The van der Waals surface area contributed by atoms with Crippen LogP contribution in [0.3, 0.4) is 0 Å². The first-order valence-corrected chi connectivity index (χ1v) is 14.2. The maximum Gasteiger partial charge on any atom is 0.264 e. The maximum absolute atomic E-state index is 13.5. The second-order valence-corrected chi connectivity index (χ2v) is 11.8. The van der Waals surface area contributed by atoms with Crippen molar-refractivity contribution in [3.63, 3.8) is 0 Å². The SMILES string of the molecule is Cc1ccc(S(=O)(=O)N(CC(=O)N/N=C\c2cc(C)n(-c3ccc(C)c(C)c3)c2C)c2ccccc2Cl)cc1. The molecular weight excluding hydrogens is 532 g/mol. The van der Waals surface area contributed by atoms with E-state index in [1.165, 1.54) is 23.3 Å². The summed E-state index contributed by atoms with van der Waals surface area (Å²) in [5.74, 6) is -0.607. The standard InChI is InChI=1S/C30H31ClN4O3S/c1-20-10-14-27(15-11-20)39(37,38)34(29-9-7-6-8-28(29)31)19-30(36)33-32-18-25-17-23(4)35(24(25)5)26-13-12-21(2)22(3)16-26/h6-18H,19H2,1-5H3,(H,33,36)/b32-18-. The molecule has 0 saturated heterocycles. The lowest BCUT2D eigenvalue weighted by Gasteiger charge is -2.24. The monoisotopic (exact) mass is 562 g/mol. The highest BCUT2D eigenvalue weighted by atomic mass is 35.5. The van der Waals surface area contributed by atoms with Crippen molar-refractivity contribution in [2.45, 2.75) is 39.5 Å². The first-order chi connectivity index (χ1) is 18.5. The van der Waals surface area contributed by atoms with Gasteiger partial charge in [-0.25, -0.2) is 13.8 Å². The minimum atomic E-state index is -4.08. The lowest BCUT2D eigenvalue weighted by Crippen LogP contribution is -2.39. The van der Waals surface area contributed by atoms with Gasteiger partial charge in [-0.05, 0) is 88.2 Å². The number of hydrogen-bond donors (Lipinski definition) is 1. The van der Waals surface area contributed by atoms with Gasteiger partial charge in [-0.2, -0.15) is 5.10 Å². The Morgan fingerprint density at radius 2 is 1.64 bits per heavy atom. The summed E-state index contributed by atoms with van der Waals surface area (Å²) in [7, 11) is -4.08. The number of carbonyl (C=O) groups is 1. The van der Waals surface area contributed by atoms with Crippen LogP contribution in [-0.2, 0) is 14.8 Å². The molecule has 0 saturated carbocycles. The van der Waals surface area contributed by atoms with Gasteiger partial charge in [0.15, 0.2) is 0 Å². The highest BCUT2D eigenvalue weighted by Crippen LogP contribution is 2.30. The van der Waals surface area contributed by atoms with Crippen molar-refractivity contribution in [3.8, 4) is 5.69 Å². The molecule has 202 valence electrons. The van der Waals surface area contributed by atoms with Crippen LogP contribution in [-0.4, -0.2) is 31.7 Å². The lowest BCUT2D eigenvalue weighted by molar-refractivity contribution is -0.119.